The summed E-state index contributed by atoms with van der Waals surface area (Å²) in [6.45, 7) is 6.04. The number of piperidine rings is 1. The maximum Gasteiger partial charge on any atom is 0.260 e. The van der Waals surface area contributed by atoms with Gasteiger partial charge in [0.1, 0.15) is 10.4 Å². The lowest BCUT2D eigenvalue weighted by Gasteiger charge is -2.24. The number of anilines is 1. The van der Waals surface area contributed by atoms with Crippen LogP contribution < -0.4 is 15.6 Å². The lowest BCUT2D eigenvalue weighted by molar-refractivity contribution is 0.0786. The van der Waals surface area contributed by atoms with E-state index in [9.17, 15) is 9.59 Å². The molecule has 3 aromatic heterocycles. The van der Waals surface area contributed by atoms with E-state index in [1.807, 2.05) is 33.6 Å². The standard InChI is InChI=1S/C27H31N7O2S/c1-31-10-5-11-32(13-12-31)27-29-14-18-23(35)22(25(36)33-15-17-6-4-9-28-19(17)16-33)26-34(24(18)30-27)20-7-2-3-8-21(20)37-26/h2-3,7-8,14,17,19,28H,4-6,9-13,15-16H2,1H3. The van der Waals surface area contributed by atoms with Crippen molar-refractivity contribution in [3.05, 3.63) is 46.2 Å². The Labute approximate surface area is 218 Å². The predicted molar refractivity (Wildman–Crippen MR) is 147 cm³/mol. The van der Waals surface area contributed by atoms with Gasteiger partial charge in [0.2, 0.25) is 11.4 Å². The highest BCUT2D eigenvalue weighted by molar-refractivity contribution is 7.24. The molecule has 0 spiro atoms. The fourth-order valence-corrected chi connectivity index (χ4v) is 7.42. The van der Waals surface area contributed by atoms with Crippen molar-refractivity contribution >= 4 is 49.3 Å². The number of rotatable bonds is 2. The maximum atomic E-state index is 14.0. The minimum Gasteiger partial charge on any atom is -0.339 e. The molecule has 0 radical (unpaired) electrons. The van der Waals surface area contributed by atoms with E-state index in [4.69, 9.17) is 4.98 Å². The Balaban J connectivity index is 1.40. The Morgan fingerprint density at radius 2 is 2.00 bits per heavy atom. The zero-order chi connectivity index (χ0) is 25.1. The average molecular weight is 518 g/mol. The number of pyridine rings is 1. The molecule has 0 bridgehead atoms. The van der Waals surface area contributed by atoms with Crippen molar-refractivity contribution in [1.82, 2.24) is 29.5 Å². The fraction of sp³-hybridized carbons (Fsp3) is 0.481. The largest absolute Gasteiger partial charge is 0.339 e. The Morgan fingerprint density at radius 3 is 2.89 bits per heavy atom. The molecule has 7 rings (SSSR count). The van der Waals surface area contributed by atoms with Crippen LogP contribution in [0.2, 0.25) is 0 Å². The molecule has 37 heavy (non-hydrogen) atoms. The molecule has 1 N–H and O–H groups in total. The highest BCUT2D eigenvalue weighted by atomic mass is 32.1. The average Bonchev–Trinajstić information content (AvgIpc) is 3.45. The lowest BCUT2D eigenvalue weighted by atomic mass is 9.94. The van der Waals surface area contributed by atoms with Gasteiger partial charge in [-0.25, -0.2) is 4.98 Å². The van der Waals surface area contributed by atoms with Crippen molar-refractivity contribution in [3.8, 4) is 0 Å². The second kappa shape index (κ2) is 9.04. The van der Waals surface area contributed by atoms with Gasteiger partial charge in [-0.1, -0.05) is 12.1 Å². The number of para-hydroxylation sites is 1. The van der Waals surface area contributed by atoms with E-state index in [0.29, 0.717) is 46.9 Å². The van der Waals surface area contributed by atoms with Gasteiger partial charge in [0.25, 0.3) is 5.91 Å². The number of carbonyl (C=O) groups excluding carboxylic acids is 1. The number of benzene rings is 1. The third-order valence-electron chi connectivity index (χ3n) is 8.27. The van der Waals surface area contributed by atoms with Gasteiger partial charge in [-0.2, -0.15) is 4.98 Å². The molecule has 3 fully saturated rings. The van der Waals surface area contributed by atoms with E-state index in [2.05, 4.69) is 27.1 Å². The molecule has 3 aliphatic rings. The van der Waals surface area contributed by atoms with Crippen LogP contribution in [0.1, 0.15) is 29.6 Å². The molecule has 2 atom stereocenters. The number of amides is 1. The van der Waals surface area contributed by atoms with Crippen LogP contribution >= 0.6 is 11.3 Å². The summed E-state index contributed by atoms with van der Waals surface area (Å²) in [6, 6.07) is 8.37. The smallest absolute Gasteiger partial charge is 0.260 e. The van der Waals surface area contributed by atoms with E-state index >= 15 is 0 Å². The second-order valence-corrected chi connectivity index (χ2v) is 11.7. The molecular weight excluding hydrogens is 486 g/mol. The summed E-state index contributed by atoms with van der Waals surface area (Å²) >= 11 is 1.49. The fourth-order valence-electron chi connectivity index (χ4n) is 6.24. The summed E-state index contributed by atoms with van der Waals surface area (Å²) < 4.78 is 3.04. The number of nitrogens with one attached hydrogen (secondary N) is 1. The number of thiazole rings is 1. The number of hydrogen-bond acceptors (Lipinski definition) is 8. The molecule has 9 nitrogen and oxygen atoms in total. The molecule has 10 heteroatoms. The summed E-state index contributed by atoms with van der Waals surface area (Å²) in [6.07, 6.45) is 4.93. The summed E-state index contributed by atoms with van der Waals surface area (Å²) in [5.74, 6) is 0.921. The van der Waals surface area contributed by atoms with E-state index in [1.54, 1.807) is 6.20 Å². The van der Waals surface area contributed by atoms with Crippen LogP contribution in [-0.2, 0) is 0 Å². The summed E-state index contributed by atoms with van der Waals surface area (Å²) in [5, 5.41) is 3.96. The van der Waals surface area contributed by atoms with Crippen LogP contribution in [-0.4, -0.2) is 89.0 Å². The molecule has 1 amide bonds. The quantitative estimate of drug-likeness (QED) is 0.437. The van der Waals surface area contributed by atoms with Gasteiger partial charge in [-0.15, -0.1) is 11.3 Å². The topological polar surface area (TPSA) is 86.1 Å². The Morgan fingerprint density at radius 1 is 1.11 bits per heavy atom. The van der Waals surface area contributed by atoms with Crippen molar-refractivity contribution < 1.29 is 4.79 Å². The summed E-state index contributed by atoms with van der Waals surface area (Å²) in [5.41, 5.74) is 1.52. The summed E-state index contributed by atoms with van der Waals surface area (Å²) in [7, 11) is 2.13. The molecule has 6 heterocycles. The van der Waals surface area contributed by atoms with Crippen molar-refractivity contribution in [2.45, 2.75) is 25.3 Å². The minimum absolute atomic E-state index is 0.174. The van der Waals surface area contributed by atoms with Crippen LogP contribution in [0.4, 0.5) is 5.95 Å². The van der Waals surface area contributed by atoms with Gasteiger partial charge in [0.05, 0.1) is 15.6 Å². The van der Waals surface area contributed by atoms with Crippen molar-refractivity contribution in [2.24, 2.45) is 5.92 Å². The lowest BCUT2D eigenvalue weighted by Crippen LogP contribution is -2.41. The van der Waals surface area contributed by atoms with Crippen LogP contribution in [0.3, 0.4) is 0 Å². The van der Waals surface area contributed by atoms with E-state index in [1.165, 1.54) is 11.3 Å². The van der Waals surface area contributed by atoms with Gasteiger partial charge in [-0.05, 0) is 57.5 Å². The first-order valence-corrected chi connectivity index (χ1v) is 14.1. The molecule has 0 saturated carbocycles. The molecule has 192 valence electrons. The number of fused-ring (bicyclic) bond motifs is 6. The van der Waals surface area contributed by atoms with Crippen molar-refractivity contribution in [1.29, 1.82) is 0 Å². The van der Waals surface area contributed by atoms with Crippen molar-refractivity contribution in [2.75, 3.05) is 57.8 Å². The zero-order valence-corrected chi connectivity index (χ0v) is 21.8. The number of nitrogens with zero attached hydrogens (tertiary/aromatic N) is 6. The van der Waals surface area contributed by atoms with Gasteiger partial charge in [0, 0.05) is 45.0 Å². The molecule has 3 saturated heterocycles. The number of likely N-dealkylation sites (N-methyl/N-ethyl adjacent to an activating group) is 1. The molecule has 4 aromatic rings. The summed E-state index contributed by atoms with van der Waals surface area (Å²) in [4.78, 5) is 44.6. The zero-order valence-electron chi connectivity index (χ0n) is 21.0. The molecule has 3 aliphatic heterocycles. The van der Waals surface area contributed by atoms with E-state index < -0.39 is 0 Å². The van der Waals surface area contributed by atoms with Crippen LogP contribution in [0.5, 0.6) is 0 Å². The molecular formula is C27H31N7O2S. The maximum absolute atomic E-state index is 14.0. The van der Waals surface area contributed by atoms with E-state index in [0.717, 1.165) is 62.2 Å². The van der Waals surface area contributed by atoms with Gasteiger partial charge >= 0.3 is 0 Å². The third kappa shape index (κ3) is 3.81. The normalized spacial score (nSPS) is 23.2. The van der Waals surface area contributed by atoms with Crippen LogP contribution in [0.15, 0.2) is 35.3 Å². The van der Waals surface area contributed by atoms with Crippen LogP contribution in [0, 0.1) is 5.92 Å². The number of aromatic nitrogens is 3. The highest BCUT2D eigenvalue weighted by Gasteiger charge is 2.38. The Hall–Kier alpha value is -3.08. The highest BCUT2D eigenvalue weighted by Crippen LogP contribution is 2.33. The first-order chi connectivity index (χ1) is 18.1. The Kier molecular flexibility index (Phi) is 5.63. The van der Waals surface area contributed by atoms with Gasteiger partial charge in [0.15, 0.2) is 5.65 Å². The van der Waals surface area contributed by atoms with Crippen LogP contribution in [0.25, 0.3) is 26.1 Å². The Bertz CT molecular complexity index is 1570. The second-order valence-electron chi connectivity index (χ2n) is 10.6. The van der Waals surface area contributed by atoms with E-state index in [-0.39, 0.29) is 16.9 Å². The first-order valence-electron chi connectivity index (χ1n) is 13.3. The minimum atomic E-state index is -0.267. The SMILES string of the molecule is CN1CCCN(c2ncc3c(=O)c(C(=O)N4CC5CCCNC5C4)c4sc5ccccc5n4c3n2)CC1. The number of likely N-dealkylation sites (tertiary alicyclic amines) is 1. The number of carbonyl (C=O) groups is 1. The third-order valence-corrected chi connectivity index (χ3v) is 9.42. The predicted octanol–water partition coefficient (Wildman–Crippen LogP) is 2.42. The number of hydrogen-bond donors (Lipinski definition) is 1. The molecule has 0 aliphatic carbocycles. The molecule has 2 unspecified atom stereocenters. The van der Waals surface area contributed by atoms with Crippen molar-refractivity contribution in [3.63, 3.8) is 0 Å². The van der Waals surface area contributed by atoms with Gasteiger partial charge < -0.3 is 20.0 Å². The molecule has 1 aromatic carbocycles. The van der Waals surface area contributed by atoms with Gasteiger partial charge in [-0.3, -0.25) is 14.0 Å². The first kappa shape index (κ1) is 23.1. The monoisotopic (exact) mass is 517 g/mol.